The number of fused-ring (bicyclic) bond motifs is 1. The Morgan fingerprint density at radius 2 is 2.05 bits per heavy atom. The Bertz CT molecular complexity index is 750. The number of benzene rings is 2. The van der Waals surface area contributed by atoms with Gasteiger partial charge >= 0.3 is 0 Å². The molecular formula is C14H13N3O2. The minimum Gasteiger partial charge on any atom is -0.508 e. The monoisotopic (exact) mass is 255 g/mol. The topological polar surface area (TPSA) is 84.2 Å². The molecule has 3 rings (SSSR count). The zero-order valence-electron chi connectivity index (χ0n) is 10.3. The summed E-state index contributed by atoms with van der Waals surface area (Å²) < 4.78 is 5.19. The van der Waals surface area contributed by atoms with E-state index >= 15 is 0 Å². The van der Waals surface area contributed by atoms with E-state index in [1.807, 2.05) is 6.07 Å². The summed E-state index contributed by atoms with van der Waals surface area (Å²) in [5.74, 6) is 1.56. The summed E-state index contributed by atoms with van der Waals surface area (Å²) in [6.07, 6.45) is 0. The number of phenols is 1. The van der Waals surface area contributed by atoms with Gasteiger partial charge < -0.3 is 20.6 Å². The standard InChI is InChI=1S/C14H13N3O2/c1-19-9-3-4-11(15)10(7-9)14-16-12-5-2-8(18)6-13(12)17-14/h2-7,18H,15H2,1H3,(H,16,17). The smallest absolute Gasteiger partial charge is 0.140 e. The number of rotatable bonds is 2. The van der Waals surface area contributed by atoms with Gasteiger partial charge in [0.05, 0.1) is 18.1 Å². The lowest BCUT2D eigenvalue weighted by Crippen LogP contribution is -1.92. The van der Waals surface area contributed by atoms with Crippen molar-refractivity contribution in [3.05, 3.63) is 36.4 Å². The minimum atomic E-state index is 0.196. The van der Waals surface area contributed by atoms with Crippen molar-refractivity contribution in [3.8, 4) is 22.9 Å². The van der Waals surface area contributed by atoms with Crippen LogP contribution in [0.5, 0.6) is 11.5 Å². The molecule has 5 nitrogen and oxygen atoms in total. The van der Waals surface area contributed by atoms with Crippen LogP contribution in [0.1, 0.15) is 0 Å². The first-order valence-electron chi connectivity index (χ1n) is 5.80. The van der Waals surface area contributed by atoms with Gasteiger partial charge in [-0.2, -0.15) is 0 Å². The zero-order chi connectivity index (χ0) is 13.4. The highest BCUT2D eigenvalue weighted by atomic mass is 16.5. The van der Waals surface area contributed by atoms with E-state index in [9.17, 15) is 5.11 Å². The maximum Gasteiger partial charge on any atom is 0.140 e. The number of anilines is 1. The highest BCUT2D eigenvalue weighted by molar-refractivity contribution is 5.83. The molecule has 3 aromatic rings. The Balaban J connectivity index is 2.18. The number of aromatic nitrogens is 2. The predicted octanol–water partition coefficient (Wildman–Crippen LogP) is 2.53. The highest BCUT2D eigenvalue weighted by Gasteiger charge is 2.10. The first kappa shape index (κ1) is 11.4. The first-order valence-corrected chi connectivity index (χ1v) is 5.80. The summed E-state index contributed by atoms with van der Waals surface area (Å²) >= 11 is 0. The molecule has 2 aromatic carbocycles. The normalized spacial score (nSPS) is 10.8. The predicted molar refractivity (Wildman–Crippen MR) is 74.2 cm³/mol. The quantitative estimate of drug-likeness (QED) is 0.614. The Labute approximate surface area is 109 Å². The largest absolute Gasteiger partial charge is 0.508 e. The molecule has 0 spiro atoms. The van der Waals surface area contributed by atoms with Crippen molar-refractivity contribution in [3.63, 3.8) is 0 Å². The van der Waals surface area contributed by atoms with Crippen LogP contribution in [0.15, 0.2) is 36.4 Å². The van der Waals surface area contributed by atoms with Crippen LogP contribution in [-0.4, -0.2) is 22.2 Å². The Morgan fingerprint density at radius 1 is 1.21 bits per heavy atom. The van der Waals surface area contributed by atoms with Gasteiger partial charge in [0.1, 0.15) is 17.3 Å². The third-order valence-electron chi connectivity index (χ3n) is 2.98. The summed E-state index contributed by atoms with van der Waals surface area (Å²) in [7, 11) is 1.60. The van der Waals surface area contributed by atoms with Gasteiger partial charge in [0.25, 0.3) is 0 Å². The number of methoxy groups -OCH3 is 1. The maximum absolute atomic E-state index is 9.45. The lowest BCUT2D eigenvalue weighted by atomic mass is 10.1. The van der Waals surface area contributed by atoms with Crippen molar-refractivity contribution in [2.24, 2.45) is 0 Å². The van der Waals surface area contributed by atoms with Gasteiger partial charge in [-0.15, -0.1) is 0 Å². The van der Waals surface area contributed by atoms with Gasteiger partial charge in [-0.25, -0.2) is 4.98 Å². The summed E-state index contributed by atoms with van der Waals surface area (Å²) in [5.41, 5.74) is 8.89. The number of nitrogen functional groups attached to an aromatic ring is 1. The fourth-order valence-corrected chi connectivity index (χ4v) is 1.99. The van der Waals surface area contributed by atoms with Crippen molar-refractivity contribution in [2.75, 3.05) is 12.8 Å². The molecule has 0 radical (unpaired) electrons. The molecule has 0 aliphatic rings. The number of ether oxygens (including phenoxy) is 1. The second-order valence-electron chi connectivity index (χ2n) is 4.24. The molecule has 0 atom stereocenters. The average Bonchev–Trinajstić information content (AvgIpc) is 2.82. The highest BCUT2D eigenvalue weighted by Crippen LogP contribution is 2.30. The molecule has 0 aliphatic heterocycles. The van der Waals surface area contributed by atoms with Gasteiger partial charge in [0.15, 0.2) is 0 Å². The van der Waals surface area contributed by atoms with E-state index in [1.165, 1.54) is 0 Å². The maximum atomic E-state index is 9.45. The number of phenolic OH excluding ortho intramolecular Hbond substituents is 1. The van der Waals surface area contributed by atoms with Gasteiger partial charge in [0, 0.05) is 17.3 Å². The van der Waals surface area contributed by atoms with E-state index in [0.29, 0.717) is 17.3 Å². The van der Waals surface area contributed by atoms with E-state index in [0.717, 1.165) is 16.6 Å². The first-order chi connectivity index (χ1) is 9.17. The molecule has 19 heavy (non-hydrogen) atoms. The molecule has 1 aromatic heterocycles. The van der Waals surface area contributed by atoms with Crippen LogP contribution in [0.3, 0.4) is 0 Å². The van der Waals surface area contributed by atoms with Gasteiger partial charge in [-0.1, -0.05) is 0 Å². The molecule has 4 N–H and O–H groups in total. The van der Waals surface area contributed by atoms with Crippen molar-refractivity contribution in [2.45, 2.75) is 0 Å². The second kappa shape index (κ2) is 4.20. The molecule has 0 fully saturated rings. The molecule has 0 amide bonds. The van der Waals surface area contributed by atoms with Crippen molar-refractivity contribution in [1.29, 1.82) is 0 Å². The number of nitrogens with one attached hydrogen (secondary N) is 1. The molecule has 0 unspecified atom stereocenters. The number of nitrogens with zero attached hydrogens (tertiary/aromatic N) is 1. The summed E-state index contributed by atoms with van der Waals surface area (Å²) in [5, 5.41) is 9.45. The third-order valence-corrected chi connectivity index (χ3v) is 2.98. The van der Waals surface area contributed by atoms with E-state index in [2.05, 4.69) is 9.97 Å². The minimum absolute atomic E-state index is 0.196. The Kier molecular flexibility index (Phi) is 2.52. The van der Waals surface area contributed by atoms with Crippen LogP contribution in [0.25, 0.3) is 22.4 Å². The van der Waals surface area contributed by atoms with Crippen molar-refractivity contribution >= 4 is 16.7 Å². The van der Waals surface area contributed by atoms with Gasteiger partial charge in [-0.3, -0.25) is 0 Å². The Hall–Kier alpha value is -2.69. The fraction of sp³-hybridized carbons (Fsp3) is 0.0714. The number of imidazole rings is 1. The molecule has 0 saturated heterocycles. The molecule has 5 heteroatoms. The molecule has 96 valence electrons. The van der Waals surface area contributed by atoms with Crippen LogP contribution in [-0.2, 0) is 0 Å². The van der Waals surface area contributed by atoms with Crippen molar-refractivity contribution < 1.29 is 9.84 Å². The van der Waals surface area contributed by atoms with Crippen LogP contribution in [0.4, 0.5) is 5.69 Å². The Morgan fingerprint density at radius 3 is 2.84 bits per heavy atom. The summed E-state index contributed by atoms with van der Waals surface area (Å²) in [4.78, 5) is 7.60. The molecule has 0 aliphatic carbocycles. The summed E-state index contributed by atoms with van der Waals surface area (Å²) in [6.45, 7) is 0. The lowest BCUT2D eigenvalue weighted by Gasteiger charge is -2.05. The van der Waals surface area contributed by atoms with E-state index in [1.54, 1.807) is 37.4 Å². The fourth-order valence-electron chi connectivity index (χ4n) is 1.99. The SMILES string of the molecule is COc1ccc(N)c(-c2nc3ccc(O)cc3[nH]2)c1. The van der Waals surface area contributed by atoms with Crippen LogP contribution in [0, 0.1) is 0 Å². The van der Waals surface area contributed by atoms with Crippen LogP contribution < -0.4 is 10.5 Å². The van der Waals surface area contributed by atoms with Crippen LogP contribution in [0.2, 0.25) is 0 Å². The molecule has 1 heterocycles. The number of H-pyrrole nitrogens is 1. The number of hydrogen-bond acceptors (Lipinski definition) is 4. The van der Waals surface area contributed by atoms with E-state index in [4.69, 9.17) is 10.5 Å². The van der Waals surface area contributed by atoms with E-state index < -0.39 is 0 Å². The molecule has 0 saturated carbocycles. The second-order valence-corrected chi connectivity index (χ2v) is 4.24. The number of aromatic hydroxyl groups is 1. The average molecular weight is 255 g/mol. The van der Waals surface area contributed by atoms with Gasteiger partial charge in [-0.05, 0) is 30.3 Å². The third kappa shape index (κ3) is 1.95. The van der Waals surface area contributed by atoms with Crippen LogP contribution >= 0.6 is 0 Å². The summed E-state index contributed by atoms with van der Waals surface area (Å²) in [6, 6.07) is 10.4. The number of nitrogens with two attached hydrogens (primary N) is 1. The van der Waals surface area contributed by atoms with Gasteiger partial charge in [0.2, 0.25) is 0 Å². The lowest BCUT2D eigenvalue weighted by molar-refractivity contribution is 0.415. The zero-order valence-corrected chi connectivity index (χ0v) is 10.3. The number of hydrogen-bond donors (Lipinski definition) is 3. The van der Waals surface area contributed by atoms with Crippen molar-refractivity contribution in [1.82, 2.24) is 9.97 Å². The number of aromatic amines is 1. The molecular weight excluding hydrogens is 242 g/mol. The molecule has 0 bridgehead atoms. The van der Waals surface area contributed by atoms with E-state index in [-0.39, 0.29) is 5.75 Å².